The summed E-state index contributed by atoms with van der Waals surface area (Å²) in [7, 11) is 0. The molecule has 106 valence electrons. The van der Waals surface area contributed by atoms with Gasteiger partial charge in [0.25, 0.3) is 11.9 Å². The monoisotopic (exact) mass is 292 g/mol. The molecule has 5 nitrogen and oxygen atoms in total. The summed E-state index contributed by atoms with van der Waals surface area (Å²) in [6.45, 7) is 0. The van der Waals surface area contributed by atoms with E-state index in [9.17, 15) is 18.0 Å². The van der Waals surface area contributed by atoms with E-state index in [1.54, 1.807) is 24.3 Å². The first kappa shape index (κ1) is 13.1. The lowest BCUT2D eigenvalue weighted by atomic mass is 10.2. The number of para-hydroxylation sites is 2. The summed E-state index contributed by atoms with van der Waals surface area (Å²) >= 11 is 0. The Morgan fingerprint density at radius 3 is 2.67 bits per heavy atom. The molecule has 2 N–H and O–H groups in total. The van der Waals surface area contributed by atoms with Crippen LogP contribution < -0.4 is 5.32 Å². The summed E-state index contributed by atoms with van der Waals surface area (Å²) in [6.07, 6.45) is 0. The highest BCUT2D eigenvalue weighted by Crippen LogP contribution is 2.16. The topological polar surface area (TPSA) is 70.7 Å². The van der Waals surface area contributed by atoms with Crippen LogP contribution in [0.25, 0.3) is 11.0 Å². The molecule has 8 heteroatoms. The highest BCUT2D eigenvalue weighted by molar-refractivity contribution is 6.04. The van der Waals surface area contributed by atoms with Crippen LogP contribution in [0.4, 0.5) is 19.1 Å². The molecule has 3 aromatic rings. The highest BCUT2D eigenvalue weighted by atomic mass is 19.2. The number of fused-ring (bicyclic) bond motifs is 1. The van der Waals surface area contributed by atoms with E-state index in [1.165, 1.54) is 0 Å². The van der Waals surface area contributed by atoms with Gasteiger partial charge in [0.05, 0.1) is 16.6 Å². The van der Waals surface area contributed by atoms with Gasteiger partial charge in [-0.05, 0) is 12.1 Å². The first-order valence-electron chi connectivity index (χ1n) is 5.82. The molecule has 0 aliphatic carbocycles. The Morgan fingerprint density at radius 1 is 1.14 bits per heavy atom. The molecule has 0 spiro atoms. The van der Waals surface area contributed by atoms with Crippen LogP contribution in [0.2, 0.25) is 0 Å². The number of pyridine rings is 1. The maximum Gasteiger partial charge on any atom is 0.261 e. The number of H-pyrrole nitrogens is 1. The molecular weight excluding hydrogens is 285 g/mol. The summed E-state index contributed by atoms with van der Waals surface area (Å²) in [6, 6.07) is 7.45. The number of anilines is 1. The summed E-state index contributed by atoms with van der Waals surface area (Å²) < 4.78 is 39.4. The van der Waals surface area contributed by atoms with E-state index in [1.807, 2.05) is 0 Å². The predicted molar refractivity (Wildman–Crippen MR) is 68.2 cm³/mol. The van der Waals surface area contributed by atoms with Crippen molar-refractivity contribution in [2.24, 2.45) is 0 Å². The number of carbonyl (C=O) groups is 1. The molecule has 0 fully saturated rings. The van der Waals surface area contributed by atoms with Gasteiger partial charge in [0.15, 0.2) is 5.82 Å². The van der Waals surface area contributed by atoms with Crippen molar-refractivity contribution in [2.75, 3.05) is 5.32 Å². The average Bonchev–Trinajstić information content (AvgIpc) is 2.84. The third-order valence-electron chi connectivity index (χ3n) is 2.75. The summed E-state index contributed by atoms with van der Waals surface area (Å²) in [4.78, 5) is 21.3. The number of benzene rings is 1. The van der Waals surface area contributed by atoms with Gasteiger partial charge in [0.2, 0.25) is 11.9 Å². The second-order valence-electron chi connectivity index (χ2n) is 4.15. The second kappa shape index (κ2) is 4.89. The molecular formula is C13H7F3N4O. The number of carbonyl (C=O) groups excluding carboxylic acids is 1. The fraction of sp³-hybridized carbons (Fsp3) is 0. The maximum absolute atomic E-state index is 13.4. The van der Waals surface area contributed by atoms with Crippen LogP contribution in [0.3, 0.4) is 0 Å². The summed E-state index contributed by atoms with van der Waals surface area (Å²) in [5.74, 6) is -5.48. The van der Waals surface area contributed by atoms with Gasteiger partial charge in [-0.25, -0.2) is 9.37 Å². The van der Waals surface area contributed by atoms with Crippen molar-refractivity contribution in [3.8, 4) is 0 Å². The summed E-state index contributed by atoms with van der Waals surface area (Å²) in [5.41, 5.74) is 0.446. The van der Waals surface area contributed by atoms with E-state index >= 15 is 0 Å². The first-order chi connectivity index (χ1) is 10.0. The zero-order valence-electron chi connectivity index (χ0n) is 10.3. The lowest BCUT2D eigenvalue weighted by Gasteiger charge is -2.03. The van der Waals surface area contributed by atoms with Gasteiger partial charge in [0, 0.05) is 6.07 Å². The van der Waals surface area contributed by atoms with Crippen molar-refractivity contribution in [3.05, 3.63) is 53.6 Å². The van der Waals surface area contributed by atoms with Gasteiger partial charge >= 0.3 is 0 Å². The third kappa shape index (κ3) is 2.42. The van der Waals surface area contributed by atoms with Crippen molar-refractivity contribution >= 4 is 22.9 Å². The first-order valence-corrected chi connectivity index (χ1v) is 5.82. The molecule has 1 aromatic carbocycles. The zero-order valence-corrected chi connectivity index (χ0v) is 10.3. The van der Waals surface area contributed by atoms with Crippen LogP contribution in [-0.4, -0.2) is 20.9 Å². The molecule has 0 radical (unpaired) electrons. The molecule has 21 heavy (non-hydrogen) atoms. The molecule has 2 heterocycles. The average molecular weight is 292 g/mol. The number of halogens is 3. The quantitative estimate of drug-likeness (QED) is 0.713. The number of aromatic nitrogens is 3. The molecule has 2 aromatic heterocycles. The zero-order chi connectivity index (χ0) is 15.0. The lowest BCUT2D eigenvalue weighted by molar-refractivity contribution is 0.102. The van der Waals surface area contributed by atoms with E-state index < -0.39 is 29.2 Å². The fourth-order valence-electron chi connectivity index (χ4n) is 1.82. The van der Waals surface area contributed by atoms with Crippen LogP contribution >= 0.6 is 0 Å². The van der Waals surface area contributed by atoms with Gasteiger partial charge in [-0.3, -0.25) is 10.1 Å². The highest BCUT2D eigenvalue weighted by Gasteiger charge is 2.19. The van der Waals surface area contributed by atoms with Crippen molar-refractivity contribution < 1.29 is 18.0 Å². The van der Waals surface area contributed by atoms with Gasteiger partial charge < -0.3 is 4.98 Å². The Kier molecular flexibility index (Phi) is 3.05. The number of rotatable bonds is 2. The standard InChI is InChI=1S/C13H7F3N4O/c14-9-5-6(10(15)11(16)19-9)12(21)20-13-17-7-3-1-2-4-8(7)18-13/h1-5H,(H2,17,18,20,21). The SMILES string of the molecule is O=C(Nc1nc2ccccc2[nH]1)c1cc(F)nc(F)c1F. The van der Waals surface area contributed by atoms with E-state index in [0.29, 0.717) is 17.1 Å². The van der Waals surface area contributed by atoms with E-state index in [-0.39, 0.29) is 5.95 Å². The maximum atomic E-state index is 13.4. The van der Waals surface area contributed by atoms with E-state index in [4.69, 9.17) is 0 Å². The second-order valence-corrected chi connectivity index (χ2v) is 4.15. The van der Waals surface area contributed by atoms with Crippen LogP contribution in [0, 0.1) is 17.7 Å². The molecule has 0 atom stereocenters. The Hall–Kier alpha value is -2.90. The number of amides is 1. The van der Waals surface area contributed by atoms with E-state index in [2.05, 4.69) is 20.3 Å². The smallest absolute Gasteiger partial charge is 0.261 e. The third-order valence-corrected chi connectivity index (χ3v) is 2.75. The normalized spacial score (nSPS) is 10.8. The predicted octanol–water partition coefficient (Wildman–Crippen LogP) is 2.63. The van der Waals surface area contributed by atoms with Crippen LogP contribution in [0.5, 0.6) is 0 Å². The number of aromatic amines is 1. The Labute approximate surface area is 115 Å². The molecule has 0 saturated carbocycles. The minimum absolute atomic E-state index is 0.0400. The molecule has 0 bridgehead atoms. The largest absolute Gasteiger partial charge is 0.324 e. The van der Waals surface area contributed by atoms with Crippen molar-refractivity contribution in [1.29, 1.82) is 0 Å². The number of hydrogen-bond donors (Lipinski definition) is 2. The number of nitrogens with zero attached hydrogens (tertiary/aromatic N) is 2. The Balaban J connectivity index is 1.93. The number of imidazole rings is 1. The van der Waals surface area contributed by atoms with Crippen LogP contribution in [-0.2, 0) is 0 Å². The molecule has 0 aliphatic heterocycles. The molecule has 0 aliphatic rings. The Bertz CT molecular complexity index is 814. The number of nitrogens with one attached hydrogen (secondary N) is 2. The Morgan fingerprint density at radius 2 is 1.90 bits per heavy atom. The van der Waals surface area contributed by atoms with Gasteiger partial charge in [0.1, 0.15) is 0 Å². The molecule has 0 unspecified atom stereocenters. The van der Waals surface area contributed by atoms with Gasteiger partial charge in [-0.2, -0.15) is 13.8 Å². The molecule has 3 rings (SSSR count). The van der Waals surface area contributed by atoms with Crippen molar-refractivity contribution in [2.45, 2.75) is 0 Å². The van der Waals surface area contributed by atoms with Crippen molar-refractivity contribution in [1.82, 2.24) is 15.0 Å². The van der Waals surface area contributed by atoms with Crippen LogP contribution in [0.1, 0.15) is 10.4 Å². The van der Waals surface area contributed by atoms with Gasteiger partial charge in [-0.1, -0.05) is 12.1 Å². The summed E-state index contributed by atoms with van der Waals surface area (Å²) in [5, 5.41) is 2.24. The fourth-order valence-corrected chi connectivity index (χ4v) is 1.82. The molecule has 0 saturated heterocycles. The van der Waals surface area contributed by atoms with Crippen LogP contribution in [0.15, 0.2) is 30.3 Å². The minimum Gasteiger partial charge on any atom is -0.324 e. The van der Waals surface area contributed by atoms with Crippen molar-refractivity contribution in [3.63, 3.8) is 0 Å². The lowest BCUT2D eigenvalue weighted by Crippen LogP contribution is -2.16. The minimum atomic E-state index is -1.68. The number of hydrogen-bond acceptors (Lipinski definition) is 3. The van der Waals surface area contributed by atoms with E-state index in [0.717, 1.165) is 0 Å². The van der Waals surface area contributed by atoms with Gasteiger partial charge in [-0.15, -0.1) is 0 Å². The molecule has 1 amide bonds.